The van der Waals surface area contributed by atoms with Crippen LogP contribution in [0, 0.1) is 0 Å². The molecule has 0 radical (unpaired) electrons. The number of fused-ring (bicyclic) bond motifs is 1. The third-order valence-corrected chi connectivity index (χ3v) is 3.75. The maximum absolute atomic E-state index is 4.78. The summed E-state index contributed by atoms with van der Waals surface area (Å²) in [5.41, 5.74) is 3.22. The van der Waals surface area contributed by atoms with E-state index in [0.29, 0.717) is 0 Å². The van der Waals surface area contributed by atoms with Crippen LogP contribution in [0.2, 0.25) is 0 Å². The van der Waals surface area contributed by atoms with Crippen LogP contribution < -0.4 is 5.32 Å². The summed E-state index contributed by atoms with van der Waals surface area (Å²) in [6.07, 6.45) is 4.16. The van der Waals surface area contributed by atoms with Crippen molar-refractivity contribution in [1.29, 1.82) is 0 Å². The molecule has 3 rings (SSSR count). The molecule has 1 unspecified atom stereocenters. The molecule has 0 aliphatic heterocycles. The van der Waals surface area contributed by atoms with Crippen LogP contribution >= 0.6 is 0 Å². The molecule has 1 aromatic carbocycles. The summed E-state index contributed by atoms with van der Waals surface area (Å²) in [5, 5.41) is 3.32. The molecule has 1 N–H and O–H groups in total. The van der Waals surface area contributed by atoms with Gasteiger partial charge in [-0.15, -0.1) is 0 Å². The van der Waals surface area contributed by atoms with Gasteiger partial charge in [-0.1, -0.05) is 12.1 Å². The summed E-state index contributed by atoms with van der Waals surface area (Å²) in [5.74, 6) is 1.08. The average molecular weight is 281 g/mol. The van der Waals surface area contributed by atoms with Gasteiger partial charge >= 0.3 is 0 Å². The van der Waals surface area contributed by atoms with Crippen molar-refractivity contribution in [3.63, 3.8) is 0 Å². The van der Waals surface area contributed by atoms with Crippen LogP contribution in [-0.4, -0.2) is 26.6 Å². The second kappa shape index (κ2) is 6.01. The fourth-order valence-electron chi connectivity index (χ4n) is 2.68. The van der Waals surface area contributed by atoms with Gasteiger partial charge in [-0.25, -0.2) is 15.0 Å². The topological polar surface area (TPSA) is 55.6 Å². The number of hydrogen-bond donors (Lipinski definition) is 1. The molecule has 0 spiro atoms. The number of rotatable bonds is 5. The van der Waals surface area contributed by atoms with Crippen molar-refractivity contribution in [2.24, 2.45) is 0 Å². The number of aromatic nitrogens is 4. The lowest BCUT2D eigenvalue weighted by atomic mass is 10.1. The lowest BCUT2D eigenvalue weighted by Crippen LogP contribution is -2.21. The van der Waals surface area contributed by atoms with E-state index >= 15 is 0 Å². The number of imidazole rings is 1. The molecule has 0 fully saturated rings. The Bertz CT molecular complexity index is 720. The highest BCUT2D eigenvalue weighted by atomic mass is 15.1. The zero-order chi connectivity index (χ0) is 14.7. The van der Waals surface area contributed by atoms with Crippen molar-refractivity contribution in [2.45, 2.75) is 25.9 Å². The maximum atomic E-state index is 4.78. The van der Waals surface area contributed by atoms with E-state index in [1.807, 2.05) is 19.2 Å². The molecule has 0 aliphatic rings. The van der Waals surface area contributed by atoms with Gasteiger partial charge in [-0.2, -0.15) is 0 Å². The molecule has 3 aromatic rings. The zero-order valence-corrected chi connectivity index (χ0v) is 12.3. The predicted octanol–water partition coefficient (Wildman–Crippen LogP) is 2.35. The number of hydrogen-bond acceptors (Lipinski definition) is 4. The lowest BCUT2D eigenvalue weighted by Gasteiger charge is -2.15. The molecular formula is C16H19N5. The van der Waals surface area contributed by atoms with Crippen molar-refractivity contribution >= 4 is 11.0 Å². The SMILES string of the molecule is CCn1c(CC(NC)c2ccncn2)nc2ccccc21. The van der Waals surface area contributed by atoms with Crippen LogP contribution in [-0.2, 0) is 13.0 Å². The minimum Gasteiger partial charge on any atom is -0.328 e. The van der Waals surface area contributed by atoms with Crippen molar-refractivity contribution in [1.82, 2.24) is 24.8 Å². The van der Waals surface area contributed by atoms with E-state index < -0.39 is 0 Å². The summed E-state index contributed by atoms with van der Waals surface area (Å²) in [7, 11) is 1.95. The monoisotopic (exact) mass is 281 g/mol. The second-order valence-electron chi connectivity index (χ2n) is 4.94. The van der Waals surface area contributed by atoms with Gasteiger partial charge in [-0.3, -0.25) is 0 Å². The first-order chi connectivity index (χ1) is 10.3. The number of nitrogens with one attached hydrogen (secondary N) is 1. The third-order valence-electron chi connectivity index (χ3n) is 3.75. The quantitative estimate of drug-likeness (QED) is 0.780. The predicted molar refractivity (Wildman–Crippen MR) is 82.9 cm³/mol. The minimum atomic E-state index is 0.134. The first-order valence-electron chi connectivity index (χ1n) is 7.20. The van der Waals surface area contributed by atoms with E-state index in [-0.39, 0.29) is 6.04 Å². The molecule has 0 amide bonds. The van der Waals surface area contributed by atoms with Crippen molar-refractivity contribution in [2.75, 3.05) is 7.05 Å². The summed E-state index contributed by atoms with van der Waals surface area (Å²) in [6.45, 7) is 3.06. The lowest BCUT2D eigenvalue weighted by molar-refractivity contribution is 0.543. The van der Waals surface area contributed by atoms with Gasteiger partial charge < -0.3 is 9.88 Å². The van der Waals surface area contributed by atoms with Crippen LogP contribution in [0.4, 0.5) is 0 Å². The van der Waals surface area contributed by atoms with Crippen LogP contribution in [0.5, 0.6) is 0 Å². The summed E-state index contributed by atoms with van der Waals surface area (Å²) < 4.78 is 2.26. The Morgan fingerprint density at radius 2 is 2.10 bits per heavy atom. The van der Waals surface area contributed by atoms with E-state index in [0.717, 1.165) is 30.0 Å². The number of likely N-dealkylation sites (N-methyl/N-ethyl adjacent to an activating group) is 1. The summed E-state index contributed by atoms with van der Waals surface area (Å²) in [4.78, 5) is 13.1. The Hall–Kier alpha value is -2.27. The number of benzene rings is 1. The largest absolute Gasteiger partial charge is 0.328 e. The molecule has 0 saturated heterocycles. The fraction of sp³-hybridized carbons (Fsp3) is 0.312. The van der Waals surface area contributed by atoms with Gasteiger partial charge in [0.05, 0.1) is 22.8 Å². The van der Waals surface area contributed by atoms with Gasteiger partial charge in [0, 0.05) is 19.2 Å². The zero-order valence-electron chi connectivity index (χ0n) is 12.3. The number of aryl methyl sites for hydroxylation is 1. The smallest absolute Gasteiger partial charge is 0.115 e. The molecule has 21 heavy (non-hydrogen) atoms. The molecule has 0 bridgehead atoms. The van der Waals surface area contributed by atoms with Crippen LogP contribution in [0.25, 0.3) is 11.0 Å². The Kier molecular flexibility index (Phi) is 3.92. The highest BCUT2D eigenvalue weighted by Crippen LogP contribution is 2.20. The van der Waals surface area contributed by atoms with Crippen molar-refractivity contribution in [3.8, 4) is 0 Å². The molecular weight excluding hydrogens is 262 g/mol. The molecule has 1 atom stereocenters. The number of para-hydroxylation sites is 2. The standard InChI is InChI=1S/C16H19N5/c1-3-21-15-7-5-4-6-13(15)20-16(21)10-14(17-2)12-8-9-18-11-19-12/h4-9,11,14,17H,3,10H2,1-2H3. The van der Waals surface area contributed by atoms with E-state index in [1.165, 1.54) is 5.52 Å². The molecule has 2 aromatic heterocycles. The fourth-order valence-corrected chi connectivity index (χ4v) is 2.68. The highest BCUT2D eigenvalue weighted by molar-refractivity contribution is 5.75. The molecule has 5 heteroatoms. The van der Waals surface area contributed by atoms with Gasteiger partial charge in [0.25, 0.3) is 0 Å². The molecule has 2 heterocycles. The van der Waals surface area contributed by atoms with Gasteiger partial charge in [0.15, 0.2) is 0 Å². The first-order valence-corrected chi connectivity index (χ1v) is 7.20. The number of nitrogens with zero attached hydrogens (tertiary/aromatic N) is 4. The molecule has 5 nitrogen and oxygen atoms in total. The van der Waals surface area contributed by atoms with E-state index in [4.69, 9.17) is 4.98 Å². The Morgan fingerprint density at radius 1 is 1.24 bits per heavy atom. The Balaban J connectivity index is 1.97. The molecule has 108 valence electrons. The highest BCUT2D eigenvalue weighted by Gasteiger charge is 2.16. The van der Waals surface area contributed by atoms with Gasteiger partial charge in [0.1, 0.15) is 12.2 Å². The molecule has 0 aliphatic carbocycles. The molecule has 0 saturated carbocycles. The first kappa shape index (κ1) is 13.7. The third kappa shape index (κ3) is 2.64. The Morgan fingerprint density at radius 3 is 2.81 bits per heavy atom. The van der Waals surface area contributed by atoms with Crippen molar-refractivity contribution < 1.29 is 0 Å². The average Bonchev–Trinajstić information content (AvgIpc) is 2.90. The van der Waals surface area contributed by atoms with Crippen LogP contribution in [0.3, 0.4) is 0 Å². The van der Waals surface area contributed by atoms with E-state index in [9.17, 15) is 0 Å². The minimum absolute atomic E-state index is 0.134. The summed E-state index contributed by atoms with van der Waals surface area (Å²) in [6, 6.07) is 10.3. The maximum Gasteiger partial charge on any atom is 0.115 e. The van der Waals surface area contributed by atoms with Crippen molar-refractivity contribution in [3.05, 3.63) is 54.4 Å². The van der Waals surface area contributed by atoms with Crippen LogP contribution in [0.1, 0.15) is 24.5 Å². The van der Waals surface area contributed by atoms with Gasteiger partial charge in [0.2, 0.25) is 0 Å². The summed E-state index contributed by atoms with van der Waals surface area (Å²) >= 11 is 0. The second-order valence-corrected chi connectivity index (χ2v) is 4.94. The van der Waals surface area contributed by atoms with E-state index in [1.54, 1.807) is 12.5 Å². The normalized spacial score (nSPS) is 12.7. The van der Waals surface area contributed by atoms with E-state index in [2.05, 4.69) is 45.0 Å². The Labute approximate surface area is 124 Å². The van der Waals surface area contributed by atoms with Crippen LogP contribution in [0.15, 0.2) is 42.9 Å². The van der Waals surface area contributed by atoms with Gasteiger partial charge in [-0.05, 0) is 32.2 Å².